The number of aromatic nitrogens is 1. The summed E-state index contributed by atoms with van der Waals surface area (Å²) in [6, 6.07) is 2.53. The molecule has 0 aromatic carbocycles. The Bertz CT molecular complexity index is 402. The predicted molar refractivity (Wildman–Crippen MR) is 79.2 cm³/mol. The molecule has 1 aliphatic heterocycles. The van der Waals surface area contributed by atoms with Gasteiger partial charge < -0.3 is 20.3 Å². The van der Waals surface area contributed by atoms with E-state index in [9.17, 15) is 0 Å². The summed E-state index contributed by atoms with van der Waals surface area (Å²) in [4.78, 5) is 6.34. The van der Waals surface area contributed by atoms with Crippen LogP contribution in [0.1, 0.15) is 19.3 Å². The van der Waals surface area contributed by atoms with E-state index >= 15 is 0 Å². The number of anilines is 2. The third kappa shape index (κ3) is 3.50. The summed E-state index contributed by atoms with van der Waals surface area (Å²) < 4.78 is 5.36. The van der Waals surface area contributed by atoms with Crippen LogP contribution in [0.2, 0.25) is 0 Å². The fourth-order valence-corrected chi connectivity index (χ4v) is 2.45. The molecule has 1 aliphatic rings. The molecule has 0 spiro atoms. The van der Waals surface area contributed by atoms with E-state index in [1.807, 2.05) is 20.2 Å². The number of nitrogens with one attached hydrogen (secondary N) is 2. The normalized spacial score (nSPS) is 19.0. The van der Waals surface area contributed by atoms with Crippen molar-refractivity contribution in [2.75, 3.05) is 44.5 Å². The lowest BCUT2D eigenvalue weighted by atomic mass is 10.1. The molecule has 2 rings (SSSR count). The minimum absolute atomic E-state index is 0.536. The van der Waals surface area contributed by atoms with E-state index in [4.69, 9.17) is 4.74 Å². The summed E-state index contributed by atoms with van der Waals surface area (Å²) >= 11 is 0. The SMILES string of the molecule is COc1nccc(N(C)C)c1NCC1CCCCN1. The first kappa shape index (κ1) is 13.9. The van der Waals surface area contributed by atoms with Crippen LogP contribution >= 0.6 is 0 Å². The van der Waals surface area contributed by atoms with E-state index in [1.165, 1.54) is 19.3 Å². The van der Waals surface area contributed by atoms with Crippen LogP contribution in [0.4, 0.5) is 11.4 Å². The first-order valence-electron chi connectivity index (χ1n) is 6.90. The van der Waals surface area contributed by atoms with Gasteiger partial charge in [-0.3, -0.25) is 0 Å². The number of rotatable bonds is 5. The Hall–Kier alpha value is -1.49. The zero-order valence-corrected chi connectivity index (χ0v) is 12.1. The fourth-order valence-electron chi connectivity index (χ4n) is 2.45. The molecule has 1 atom stereocenters. The molecule has 2 heterocycles. The Morgan fingerprint density at radius 1 is 1.47 bits per heavy atom. The molecule has 0 radical (unpaired) electrons. The molecule has 1 saturated heterocycles. The lowest BCUT2D eigenvalue weighted by Gasteiger charge is -2.26. The van der Waals surface area contributed by atoms with E-state index in [1.54, 1.807) is 13.3 Å². The number of hydrogen-bond acceptors (Lipinski definition) is 5. The van der Waals surface area contributed by atoms with Crippen molar-refractivity contribution in [1.29, 1.82) is 0 Å². The van der Waals surface area contributed by atoms with Crippen molar-refractivity contribution in [2.45, 2.75) is 25.3 Å². The van der Waals surface area contributed by atoms with Crippen LogP contribution in [0, 0.1) is 0 Å². The minimum Gasteiger partial charge on any atom is -0.479 e. The highest BCUT2D eigenvalue weighted by atomic mass is 16.5. The molecule has 0 amide bonds. The summed E-state index contributed by atoms with van der Waals surface area (Å²) in [6.45, 7) is 2.03. The highest BCUT2D eigenvalue weighted by Gasteiger charge is 2.16. The molecule has 1 aromatic heterocycles. The predicted octanol–water partition coefficient (Wildman–Crippen LogP) is 1.71. The second-order valence-corrected chi connectivity index (χ2v) is 5.14. The van der Waals surface area contributed by atoms with Crippen LogP contribution in [0.15, 0.2) is 12.3 Å². The van der Waals surface area contributed by atoms with E-state index in [-0.39, 0.29) is 0 Å². The van der Waals surface area contributed by atoms with Gasteiger partial charge in [0.05, 0.1) is 12.8 Å². The van der Waals surface area contributed by atoms with Crippen LogP contribution in [0.3, 0.4) is 0 Å². The van der Waals surface area contributed by atoms with E-state index in [0.29, 0.717) is 11.9 Å². The number of pyridine rings is 1. The average Bonchev–Trinajstić information content (AvgIpc) is 2.45. The van der Waals surface area contributed by atoms with Gasteiger partial charge in [0.1, 0.15) is 5.69 Å². The smallest absolute Gasteiger partial charge is 0.239 e. The van der Waals surface area contributed by atoms with Gasteiger partial charge in [0.15, 0.2) is 0 Å². The maximum Gasteiger partial charge on any atom is 0.239 e. The monoisotopic (exact) mass is 264 g/mol. The molecule has 0 saturated carbocycles. The Morgan fingerprint density at radius 3 is 2.95 bits per heavy atom. The highest BCUT2D eigenvalue weighted by Crippen LogP contribution is 2.31. The van der Waals surface area contributed by atoms with Gasteiger partial charge in [-0.2, -0.15) is 0 Å². The van der Waals surface area contributed by atoms with Crippen molar-refractivity contribution in [3.8, 4) is 5.88 Å². The maximum atomic E-state index is 5.36. The average molecular weight is 264 g/mol. The Morgan fingerprint density at radius 2 is 2.32 bits per heavy atom. The van der Waals surface area contributed by atoms with Gasteiger partial charge in [0.2, 0.25) is 5.88 Å². The van der Waals surface area contributed by atoms with Crippen LogP contribution in [-0.4, -0.2) is 45.3 Å². The second kappa shape index (κ2) is 6.61. The molecule has 0 aliphatic carbocycles. The largest absolute Gasteiger partial charge is 0.479 e. The topological polar surface area (TPSA) is 49.4 Å². The molecular formula is C14H24N4O. The van der Waals surface area contributed by atoms with Crippen molar-refractivity contribution >= 4 is 11.4 Å². The van der Waals surface area contributed by atoms with Gasteiger partial charge in [-0.15, -0.1) is 0 Å². The number of piperidine rings is 1. The molecule has 106 valence electrons. The minimum atomic E-state index is 0.536. The van der Waals surface area contributed by atoms with Crippen LogP contribution in [0.5, 0.6) is 5.88 Å². The molecule has 1 fully saturated rings. The zero-order chi connectivity index (χ0) is 13.7. The first-order valence-corrected chi connectivity index (χ1v) is 6.90. The zero-order valence-electron chi connectivity index (χ0n) is 12.1. The third-order valence-electron chi connectivity index (χ3n) is 3.51. The third-order valence-corrected chi connectivity index (χ3v) is 3.51. The van der Waals surface area contributed by atoms with Gasteiger partial charge in [0.25, 0.3) is 0 Å². The molecule has 2 N–H and O–H groups in total. The van der Waals surface area contributed by atoms with Gasteiger partial charge in [-0.25, -0.2) is 4.98 Å². The second-order valence-electron chi connectivity index (χ2n) is 5.14. The Kier molecular flexibility index (Phi) is 4.85. The summed E-state index contributed by atoms with van der Waals surface area (Å²) in [6.07, 6.45) is 5.60. The van der Waals surface area contributed by atoms with E-state index < -0.39 is 0 Å². The van der Waals surface area contributed by atoms with Crippen LogP contribution < -0.4 is 20.3 Å². The van der Waals surface area contributed by atoms with Crippen molar-refractivity contribution in [2.24, 2.45) is 0 Å². The van der Waals surface area contributed by atoms with Crippen LogP contribution in [0.25, 0.3) is 0 Å². The first-order chi connectivity index (χ1) is 9.22. The van der Waals surface area contributed by atoms with Crippen LogP contribution in [-0.2, 0) is 0 Å². The molecule has 0 bridgehead atoms. The molecule has 1 aromatic rings. The standard InChI is InChI=1S/C14H24N4O/c1-18(2)12-7-9-16-14(19-3)13(12)17-10-11-6-4-5-8-15-11/h7,9,11,15,17H,4-6,8,10H2,1-3H3. The summed E-state index contributed by atoms with van der Waals surface area (Å²) in [7, 11) is 5.71. The van der Waals surface area contributed by atoms with E-state index in [0.717, 1.165) is 24.5 Å². The van der Waals surface area contributed by atoms with Crippen molar-refractivity contribution < 1.29 is 4.74 Å². The van der Waals surface area contributed by atoms with Crippen molar-refractivity contribution in [3.05, 3.63) is 12.3 Å². The maximum absolute atomic E-state index is 5.36. The van der Waals surface area contributed by atoms with Gasteiger partial charge in [0, 0.05) is 32.9 Å². The van der Waals surface area contributed by atoms with Gasteiger partial charge in [-0.1, -0.05) is 6.42 Å². The Balaban J connectivity index is 2.08. The molecule has 5 heteroatoms. The fraction of sp³-hybridized carbons (Fsp3) is 0.643. The summed E-state index contributed by atoms with van der Waals surface area (Å²) in [5, 5.41) is 7.03. The molecule has 1 unspecified atom stereocenters. The highest BCUT2D eigenvalue weighted by molar-refractivity contribution is 5.74. The lowest BCUT2D eigenvalue weighted by Crippen LogP contribution is -2.39. The van der Waals surface area contributed by atoms with E-state index in [2.05, 4.69) is 20.5 Å². The summed E-state index contributed by atoms with van der Waals surface area (Å²) in [5.74, 6) is 0.655. The molecular weight excluding hydrogens is 240 g/mol. The number of ether oxygens (including phenoxy) is 1. The number of methoxy groups -OCH3 is 1. The quantitative estimate of drug-likeness (QED) is 0.848. The number of nitrogens with zero attached hydrogens (tertiary/aromatic N) is 2. The lowest BCUT2D eigenvalue weighted by molar-refractivity contribution is 0.396. The molecule has 5 nitrogen and oxygen atoms in total. The van der Waals surface area contributed by atoms with Gasteiger partial charge in [-0.05, 0) is 25.5 Å². The molecule has 19 heavy (non-hydrogen) atoms. The number of hydrogen-bond donors (Lipinski definition) is 2. The van der Waals surface area contributed by atoms with Gasteiger partial charge >= 0.3 is 0 Å². The summed E-state index contributed by atoms with van der Waals surface area (Å²) in [5.41, 5.74) is 2.07. The van der Waals surface area contributed by atoms with Crippen molar-refractivity contribution in [3.63, 3.8) is 0 Å². The Labute approximate surface area is 115 Å². The van der Waals surface area contributed by atoms with Crippen molar-refractivity contribution in [1.82, 2.24) is 10.3 Å².